The predicted molar refractivity (Wildman–Crippen MR) is 88.8 cm³/mol. The van der Waals surface area contributed by atoms with E-state index in [0.29, 0.717) is 12.8 Å². The molecule has 118 valence electrons. The Balaban J connectivity index is 1.66. The van der Waals surface area contributed by atoms with Crippen LogP contribution >= 0.6 is 0 Å². The molecule has 1 heterocycles. The number of Topliss-reactive ketones (excluding diaryl/α,β-unsaturated/α-hetero) is 2. The van der Waals surface area contributed by atoms with Crippen molar-refractivity contribution in [3.8, 4) is 0 Å². The highest BCUT2D eigenvalue weighted by Crippen LogP contribution is 2.40. The molecule has 3 heteroatoms. The van der Waals surface area contributed by atoms with Crippen LogP contribution in [0, 0.1) is 6.92 Å². The third-order valence-corrected chi connectivity index (χ3v) is 5.41. The van der Waals surface area contributed by atoms with Gasteiger partial charge in [-0.3, -0.25) is 9.59 Å². The lowest BCUT2D eigenvalue weighted by Gasteiger charge is -2.34. The van der Waals surface area contributed by atoms with Gasteiger partial charge in [-0.1, -0.05) is 24.3 Å². The van der Waals surface area contributed by atoms with E-state index in [2.05, 4.69) is 24.4 Å². The number of rotatable bonds is 1. The molecule has 1 aromatic rings. The highest BCUT2D eigenvalue weighted by atomic mass is 16.1. The minimum atomic E-state index is -0.0578. The Morgan fingerprint density at radius 1 is 1.00 bits per heavy atom. The molecule has 1 N–H and O–H groups in total. The molecule has 0 saturated heterocycles. The topological polar surface area (TPSA) is 46.2 Å². The Morgan fingerprint density at radius 2 is 1.78 bits per heavy atom. The van der Waals surface area contributed by atoms with Crippen LogP contribution in [0.4, 0.5) is 0 Å². The quantitative estimate of drug-likeness (QED) is 0.860. The van der Waals surface area contributed by atoms with Crippen LogP contribution in [0.15, 0.2) is 46.8 Å². The van der Waals surface area contributed by atoms with Crippen LogP contribution in [0.1, 0.15) is 55.6 Å². The summed E-state index contributed by atoms with van der Waals surface area (Å²) >= 11 is 0. The van der Waals surface area contributed by atoms with E-state index in [9.17, 15) is 9.59 Å². The van der Waals surface area contributed by atoms with E-state index in [-0.39, 0.29) is 17.5 Å². The lowest BCUT2D eigenvalue weighted by Crippen LogP contribution is -2.34. The number of hydrogen-bond donors (Lipinski definition) is 1. The second-order valence-electron chi connectivity index (χ2n) is 6.80. The van der Waals surface area contributed by atoms with Gasteiger partial charge < -0.3 is 5.32 Å². The molecule has 3 nitrogen and oxygen atoms in total. The molecule has 1 aliphatic heterocycles. The fraction of sp³-hybridized carbons (Fsp3) is 0.400. The summed E-state index contributed by atoms with van der Waals surface area (Å²) in [6.07, 6.45) is 4.77. The molecule has 1 aromatic carbocycles. The molecule has 0 aromatic heterocycles. The maximum Gasteiger partial charge on any atom is 0.168 e. The standard InChI is InChI=1S/C20H21NO2/c1-12-5-2-3-6-13(12)14-9-10-18-16(20(14)23)11-15-17(21-18)7-4-8-19(15)22/h2-3,5-6,14,21H,4,7-11H2,1H3. The summed E-state index contributed by atoms with van der Waals surface area (Å²) in [4.78, 5) is 25.2. The van der Waals surface area contributed by atoms with Crippen LogP contribution in [0.5, 0.6) is 0 Å². The molecule has 0 spiro atoms. The Hall–Kier alpha value is -2.16. The zero-order valence-corrected chi connectivity index (χ0v) is 13.4. The number of aryl methyl sites for hydroxylation is 1. The first-order chi connectivity index (χ1) is 11.1. The summed E-state index contributed by atoms with van der Waals surface area (Å²) in [5.74, 6) is 0.367. The molecule has 2 aliphatic carbocycles. The molecule has 0 saturated carbocycles. The highest BCUT2D eigenvalue weighted by molar-refractivity contribution is 6.06. The largest absolute Gasteiger partial charge is 0.362 e. The van der Waals surface area contributed by atoms with Gasteiger partial charge in [0, 0.05) is 41.3 Å². The van der Waals surface area contributed by atoms with Gasteiger partial charge in [0.1, 0.15) is 0 Å². The van der Waals surface area contributed by atoms with Gasteiger partial charge in [-0.05, 0) is 43.7 Å². The first-order valence-electron chi connectivity index (χ1n) is 8.49. The summed E-state index contributed by atoms with van der Waals surface area (Å²) < 4.78 is 0. The van der Waals surface area contributed by atoms with Gasteiger partial charge in [0.2, 0.25) is 0 Å². The smallest absolute Gasteiger partial charge is 0.168 e. The first-order valence-corrected chi connectivity index (χ1v) is 8.49. The van der Waals surface area contributed by atoms with Crippen LogP contribution in [0.2, 0.25) is 0 Å². The second-order valence-corrected chi connectivity index (χ2v) is 6.80. The molecule has 0 radical (unpaired) electrons. The van der Waals surface area contributed by atoms with Crippen LogP contribution in [-0.2, 0) is 9.59 Å². The number of nitrogens with one attached hydrogen (secondary N) is 1. The summed E-state index contributed by atoms with van der Waals surface area (Å²) in [5, 5.41) is 3.42. The van der Waals surface area contributed by atoms with Crippen molar-refractivity contribution in [3.05, 3.63) is 57.9 Å². The van der Waals surface area contributed by atoms with Crippen molar-refractivity contribution in [1.82, 2.24) is 5.32 Å². The van der Waals surface area contributed by atoms with E-state index < -0.39 is 0 Å². The zero-order chi connectivity index (χ0) is 16.0. The fourth-order valence-electron chi connectivity index (χ4n) is 4.13. The third kappa shape index (κ3) is 2.35. The average molecular weight is 307 g/mol. The Morgan fingerprint density at radius 3 is 2.61 bits per heavy atom. The summed E-state index contributed by atoms with van der Waals surface area (Å²) in [6, 6.07) is 8.15. The maximum atomic E-state index is 13.1. The number of dihydropyridines is 1. The number of hydrogen-bond acceptors (Lipinski definition) is 3. The van der Waals surface area contributed by atoms with Gasteiger partial charge in [-0.15, -0.1) is 0 Å². The van der Waals surface area contributed by atoms with Gasteiger partial charge >= 0.3 is 0 Å². The van der Waals surface area contributed by atoms with E-state index in [0.717, 1.165) is 53.8 Å². The van der Waals surface area contributed by atoms with Crippen molar-refractivity contribution < 1.29 is 9.59 Å². The predicted octanol–water partition coefficient (Wildman–Crippen LogP) is 3.70. The second kappa shape index (κ2) is 5.48. The fourth-order valence-corrected chi connectivity index (χ4v) is 4.13. The molecular formula is C20H21NO2. The number of allylic oxidation sites excluding steroid dienone is 4. The summed E-state index contributed by atoms with van der Waals surface area (Å²) in [6.45, 7) is 2.07. The van der Waals surface area contributed by atoms with Crippen LogP contribution < -0.4 is 5.32 Å². The highest BCUT2D eigenvalue weighted by Gasteiger charge is 2.36. The van der Waals surface area contributed by atoms with E-state index >= 15 is 0 Å². The van der Waals surface area contributed by atoms with E-state index in [1.807, 2.05) is 12.1 Å². The molecular weight excluding hydrogens is 286 g/mol. The van der Waals surface area contributed by atoms with Crippen LogP contribution in [-0.4, -0.2) is 11.6 Å². The number of benzene rings is 1. The first kappa shape index (κ1) is 14.4. The van der Waals surface area contributed by atoms with Crippen molar-refractivity contribution in [2.75, 3.05) is 0 Å². The van der Waals surface area contributed by atoms with Gasteiger partial charge in [0.25, 0.3) is 0 Å². The van der Waals surface area contributed by atoms with Gasteiger partial charge in [0.05, 0.1) is 0 Å². The third-order valence-electron chi connectivity index (χ3n) is 5.41. The number of ketones is 2. The molecule has 0 bridgehead atoms. The lowest BCUT2D eigenvalue weighted by molar-refractivity contribution is -0.117. The van der Waals surface area contributed by atoms with E-state index in [4.69, 9.17) is 0 Å². The van der Waals surface area contributed by atoms with Crippen LogP contribution in [0.3, 0.4) is 0 Å². The van der Waals surface area contributed by atoms with Crippen molar-refractivity contribution in [2.45, 2.75) is 51.4 Å². The SMILES string of the molecule is Cc1ccccc1C1CCC2=C(CC3=C(CCCC3=O)N2)C1=O. The van der Waals surface area contributed by atoms with Gasteiger partial charge in [0.15, 0.2) is 11.6 Å². The molecule has 3 aliphatic rings. The number of carbonyl (C=O) groups is 2. The van der Waals surface area contributed by atoms with Crippen molar-refractivity contribution in [1.29, 1.82) is 0 Å². The average Bonchev–Trinajstić information content (AvgIpc) is 2.55. The van der Waals surface area contributed by atoms with Crippen LogP contribution in [0.25, 0.3) is 0 Å². The van der Waals surface area contributed by atoms with Crippen molar-refractivity contribution in [3.63, 3.8) is 0 Å². The minimum Gasteiger partial charge on any atom is -0.362 e. The Kier molecular flexibility index (Phi) is 3.44. The Labute approximate surface area is 136 Å². The van der Waals surface area contributed by atoms with Gasteiger partial charge in [-0.25, -0.2) is 0 Å². The maximum absolute atomic E-state index is 13.1. The molecule has 0 fully saturated rings. The van der Waals surface area contributed by atoms with Gasteiger partial charge in [-0.2, -0.15) is 0 Å². The van der Waals surface area contributed by atoms with Crippen molar-refractivity contribution >= 4 is 11.6 Å². The normalized spacial score (nSPS) is 24.3. The minimum absolute atomic E-state index is 0.0578. The molecule has 1 atom stereocenters. The van der Waals surface area contributed by atoms with E-state index in [1.54, 1.807) is 0 Å². The molecule has 4 rings (SSSR count). The number of carbonyl (C=O) groups excluding carboxylic acids is 2. The summed E-state index contributed by atoms with van der Waals surface area (Å²) in [5.41, 5.74) is 6.15. The molecule has 23 heavy (non-hydrogen) atoms. The zero-order valence-electron chi connectivity index (χ0n) is 13.4. The van der Waals surface area contributed by atoms with E-state index in [1.165, 1.54) is 5.56 Å². The molecule has 1 unspecified atom stereocenters. The monoisotopic (exact) mass is 307 g/mol. The summed E-state index contributed by atoms with van der Waals surface area (Å²) in [7, 11) is 0. The lowest BCUT2D eigenvalue weighted by atomic mass is 9.75. The Bertz CT molecular complexity index is 770. The molecule has 0 amide bonds. The van der Waals surface area contributed by atoms with Crippen molar-refractivity contribution in [2.24, 2.45) is 0 Å².